The summed E-state index contributed by atoms with van der Waals surface area (Å²) in [5.74, 6) is -2.54. The third kappa shape index (κ3) is 4.33. The Morgan fingerprint density at radius 2 is 2.11 bits per heavy atom. The van der Waals surface area contributed by atoms with Crippen molar-refractivity contribution in [3.05, 3.63) is 29.6 Å². The molecule has 0 amide bonds. The Balaban J connectivity index is 2.70. The van der Waals surface area contributed by atoms with Crippen molar-refractivity contribution in [1.82, 2.24) is 0 Å². The van der Waals surface area contributed by atoms with E-state index in [0.717, 1.165) is 12.3 Å². The lowest BCUT2D eigenvalue weighted by Crippen LogP contribution is -2.10. The van der Waals surface area contributed by atoms with Crippen LogP contribution in [0.25, 0.3) is 0 Å². The summed E-state index contributed by atoms with van der Waals surface area (Å²) in [6.45, 7) is -0.0612. The molecule has 100 valence electrons. The maximum atomic E-state index is 13.4. The quantitative estimate of drug-likeness (QED) is 0.793. The van der Waals surface area contributed by atoms with Crippen molar-refractivity contribution < 1.29 is 27.4 Å². The lowest BCUT2D eigenvalue weighted by atomic mass is 10.2. The standard InChI is InChI=1S/C11H13FO5S/c1-18(15,16)7-3-6-17-10-8(11(13)14)4-2-5-9(10)12/h2,4-5H,3,6-7H2,1H3,(H,13,14). The summed E-state index contributed by atoms with van der Waals surface area (Å²) in [6, 6.07) is 3.57. The average Bonchev–Trinajstić information content (AvgIpc) is 2.24. The van der Waals surface area contributed by atoms with Crippen LogP contribution in [0.15, 0.2) is 18.2 Å². The molecule has 18 heavy (non-hydrogen) atoms. The number of aromatic carboxylic acids is 1. The summed E-state index contributed by atoms with van der Waals surface area (Å²) in [7, 11) is -3.11. The van der Waals surface area contributed by atoms with Crippen LogP contribution in [0.5, 0.6) is 5.75 Å². The average molecular weight is 276 g/mol. The van der Waals surface area contributed by atoms with Crippen molar-refractivity contribution in [2.45, 2.75) is 6.42 Å². The second-order valence-electron chi connectivity index (χ2n) is 3.75. The summed E-state index contributed by atoms with van der Waals surface area (Å²) in [4.78, 5) is 10.8. The van der Waals surface area contributed by atoms with Gasteiger partial charge in [0.05, 0.1) is 12.4 Å². The van der Waals surface area contributed by atoms with Crippen LogP contribution in [-0.2, 0) is 9.84 Å². The van der Waals surface area contributed by atoms with Crippen molar-refractivity contribution in [2.75, 3.05) is 18.6 Å². The lowest BCUT2D eigenvalue weighted by molar-refractivity contribution is 0.0691. The van der Waals surface area contributed by atoms with E-state index in [-0.39, 0.29) is 30.1 Å². The predicted molar refractivity (Wildman–Crippen MR) is 63.2 cm³/mol. The zero-order chi connectivity index (χ0) is 13.8. The van der Waals surface area contributed by atoms with Crippen molar-refractivity contribution in [1.29, 1.82) is 0 Å². The number of ether oxygens (including phenoxy) is 1. The molecule has 0 heterocycles. The first-order valence-electron chi connectivity index (χ1n) is 5.13. The van der Waals surface area contributed by atoms with Gasteiger partial charge in [-0.25, -0.2) is 17.6 Å². The maximum absolute atomic E-state index is 13.4. The molecule has 0 aliphatic heterocycles. The maximum Gasteiger partial charge on any atom is 0.339 e. The van der Waals surface area contributed by atoms with Crippen LogP contribution in [0.1, 0.15) is 16.8 Å². The van der Waals surface area contributed by atoms with Crippen LogP contribution >= 0.6 is 0 Å². The fourth-order valence-electron chi connectivity index (χ4n) is 1.32. The fraction of sp³-hybridized carbons (Fsp3) is 0.364. The Kier molecular flexibility index (Phi) is 4.66. The molecule has 0 fully saturated rings. The molecule has 0 saturated carbocycles. The third-order valence-electron chi connectivity index (χ3n) is 2.10. The molecule has 0 radical (unpaired) electrons. The topological polar surface area (TPSA) is 80.7 Å². The first kappa shape index (κ1) is 14.4. The molecule has 0 aliphatic rings. The Hall–Kier alpha value is -1.63. The predicted octanol–water partition coefficient (Wildman–Crippen LogP) is 1.34. The Morgan fingerprint density at radius 1 is 1.44 bits per heavy atom. The van der Waals surface area contributed by atoms with Crippen molar-refractivity contribution in [3.8, 4) is 5.75 Å². The number of hydrogen-bond acceptors (Lipinski definition) is 4. The van der Waals surface area contributed by atoms with Gasteiger partial charge in [0.15, 0.2) is 11.6 Å². The molecule has 5 nitrogen and oxygen atoms in total. The summed E-state index contributed by atoms with van der Waals surface area (Å²) in [5.41, 5.74) is -0.283. The van der Waals surface area contributed by atoms with Crippen LogP contribution in [0.2, 0.25) is 0 Å². The molecule has 0 spiro atoms. The highest BCUT2D eigenvalue weighted by Gasteiger charge is 2.15. The van der Waals surface area contributed by atoms with Crippen molar-refractivity contribution >= 4 is 15.8 Å². The summed E-state index contributed by atoms with van der Waals surface area (Å²) in [5, 5.41) is 8.83. The Labute approximate surface area is 104 Å². The molecule has 0 aromatic heterocycles. The molecule has 1 rings (SSSR count). The van der Waals surface area contributed by atoms with E-state index in [9.17, 15) is 17.6 Å². The normalized spacial score (nSPS) is 11.2. The van der Waals surface area contributed by atoms with Crippen LogP contribution in [-0.4, -0.2) is 38.1 Å². The molecule has 1 N–H and O–H groups in total. The number of carboxylic acids is 1. The zero-order valence-corrected chi connectivity index (χ0v) is 10.5. The molecule has 7 heteroatoms. The molecule has 1 aromatic rings. The van der Waals surface area contributed by atoms with Gasteiger partial charge in [0.25, 0.3) is 0 Å². The second kappa shape index (κ2) is 5.81. The highest BCUT2D eigenvalue weighted by Crippen LogP contribution is 2.22. The molecular formula is C11H13FO5S. The van der Waals surface area contributed by atoms with E-state index in [0.29, 0.717) is 0 Å². The first-order chi connectivity index (χ1) is 8.31. The van der Waals surface area contributed by atoms with Crippen molar-refractivity contribution in [3.63, 3.8) is 0 Å². The van der Waals surface area contributed by atoms with Gasteiger partial charge in [-0.1, -0.05) is 6.07 Å². The molecule has 0 unspecified atom stereocenters. The van der Waals surface area contributed by atoms with Crippen LogP contribution in [0.4, 0.5) is 4.39 Å². The van der Waals surface area contributed by atoms with Gasteiger partial charge in [-0.05, 0) is 18.6 Å². The Bertz CT molecular complexity index is 538. The highest BCUT2D eigenvalue weighted by molar-refractivity contribution is 7.90. The van der Waals surface area contributed by atoms with Gasteiger partial charge < -0.3 is 9.84 Å². The highest BCUT2D eigenvalue weighted by atomic mass is 32.2. The summed E-state index contributed by atoms with van der Waals surface area (Å²) < 4.78 is 40.1. The number of carboxylic acid groups (broad SMARTS) is 1. The lowest BCUT2D eigenvalue weighted by Gasteiger charge is -2.09. The SMILES string of the molecule is CS(=O)(=O)CCCOc1c(F)cccc1C(=O)O. The molecule has 1 aromatic carbocycles. The van der Waals surface area contributed by atoms with Gasteiger partial charge in [-0.15, -0.1) is 0 Å². The van der Waals surface area contributed by atoms with E-state index in [1.165, 1.54) is 12.1 Å². The number of hydrogen-bond donors (Lipinski definition) is 1. The van der Waals surface area contributed by atoms with E-state index in [4.69, 9.17) is 9.84 Å². The number of rotatable bonds is 6. The fourth-order valence-corrected chi connectivity index (χ4v) is 1.96. The minimum absolute atomic E-state index is 0.0612. The molecular weight excluding hydrogens is 263 g/mol. The van der Waals surface area contributed by atoms with Gasteiger partial charge in [0, 0.05) is 6.26 Å². The smallest absolute Gasteiger partial charge is 0.339 e. The monoisotopic (exact) mass is 276 g/mol. The van der Waals surface area contributed by atoms with Gasteiger partial charge in [0.1, 0.15) is 15.4 Å². The van der Waals surface area contributed by atoms with Crippen LogP contribution in [0, 0.1) is 5.82 Å². The van der Waals surface area contributed by atoms with E-state index in [2.05, 4.69) is 0 Å². The third-order valence-corrected chi connectivity index (χ3v) is 3.13. The second-order valence-corrected chi connectivity index (χ2v) is 6.01. The van der Waals surface area contributed by atoms with Gasteiger partial charge >= 0.3 is 5.97 Å². The number of para-hydroxylation sites is 1. The first-order valence-corrected chi connectivity index (χ1v) is 7.19. The number of sulfone groups is 1. The van der Waals surface area contributed by atoms with Gasteiger partial charge in [-0.2, -0.15) is 0 Å². The molecule has 0 atom stereocenters. The number of halogens is 1. The summed E-state index contributed by atoms with van der Waals surface area (Å²) >= 11 is 0. The number of carbonyl (C=O) groups is 1. The molecule has 0 bridgehead atoms. The van der Waals surface area contributed by atoms with E-state index < -0.39 is 21.6 Å². The van der Waals surface area contributed by atoms with E-state index >= 15 is 0 Å². The van der Waals surface area contributed by atoms with Gasteiger partial charge in [-0.3, -0.25) is 0 Å². The minimum Gasteiger partial charge on any atom is -0.490 e. The molecule has 0 aliphatic carbocycles. The zero-order valence-electron chi connectivity index (χ0n) is 9.72. The van der Waals surface area contributed by atoms with E-state index in [1.54, 1.807) is 0 Å². The minimum atomic E-state index is -3.11. The van der Waals surface area contributed by atoms with E-state index in [1.807, 2.05) is 0 Å². The van der Waals surface area contributed by atoms with Crippen LogP contribution in [0.3, 0.4) is 0 Å². The van der Waals surface area contributed by atoms with Gasteiger partial charge in [0.2, 0.25) is 0 Å². The van der Waals surface area contributed by atoms with Crippen LogP contribution < -0.4 is 4.74 Å². The number of benzene rings is 1. The Morgan fingerprint density at radius 3 is 2.67 bits per heavy atom. The summed E-state index contributed by atoms with van der Waals surface area (Å²) in [6.07, 6.45) is 1.25. The largest absolute Gasteiger partial charge is 0.490 e. The van der Waals surface area contributed by atoms with Crippen molar-refractivity contribution in [2.24, 2.45) is 0 Å². The molecule has 0 saturated heterocycles.